The van der Waals surface area contributed by atoms with E-state index in [1.54, 1.807) is 10.9 Å². The van der Waals surface area contributed by atoms with E-state index in [0.717, 1.165) is 47.8 Å². The molecular weight excluding hydrogens is 466 g/mol. The SMILES string of the molecule is CC[C@@H]1CN(Cc2cc(C(CCc3cn(CC)nn3)CC(=O)O)ccc2Cl)Cc2ncccc2O1. The molecule has 35 heavy (non-hydrogen) atoms. The van der Waals surface area contributed by atoms with Crippen LogP contribution in [0.4, 0.5) is 0 Å². The molecule has 8 nitrogen and oxygen atoms in total. The maximum absolute atomic E-state index is 11.7. The lowest BCUT2D eigenvalue weighted by Crippen LogP contribution is -2.32. The maximum Gasteiger partial charge on any atom is 0.303 e. The molecule has 3 heterocycles. The highest BCUT2D eigenvalue weighted by Crippen LogP contribution is 2.31. The Balaban J connectivity index is 1.53. The number of halogens is 1. The summed E-state index contributed by atoms with van der Waals surface area (Å²) in [6, 6.07) is 9.75. The number of aryl methyl sites for hydroxylation is 2. The summed E-state index contributed by atoms with van der Waals surface area (Å²) in [6.45, 7) is 6.94. The Hall–Kier alpha value is -2.97. The Morgan fingerprint density at radius 1 is 1.31 bits per heavy atom. The van der Waals surface area contributed by atoms with Crippen molar-refractivity contribution in [2.24, 2.45) is 0 Å². The molecule has 186 valence electrons. The molecule has 0 fully saturated rings. The summed E-state index contributed by atoms with van der Waals surface area (Å²) in [7, 11) is 0. The molecule has 4 rings (SSSR count). The minimum absolute atomic E-state index is 0.0513. The van der Waals surface area contributed by atoms with Crippen molar-refractivity contribution in [3.8, 4) is 5.75 Å². The number of benzene rings is 1. The molecule has 3 aromatic rings. The zero-order valence-corrected chi connectivity index (χ0v) is 21.0. The van der Waals surface area contributed by atoms with Crippen LogP contribution in [0.5, 0.6) is 5.75 Å². The van der Waals surface area contributed by atoms with Gasteiger partial charge in [-0.1, -0.05) is 35.9 Å². The summed E-state index contributed by atoms with van der Waals surface area (Å²) < 4.78 is 7.96. The molecule has 0 spiro atoms. The largest absolute Gasteiger partial charge is 0.487 e. The number of carbonyl (C=O) groups is 1. The van der Waals surface area contributed by atoms with Gasteiger partial charge in [0.25, 0.3) is 0 Å². The fourth-order valence-electron chi connectivity index (χ4n) is 4.50. The summed E-state index contributed by atoms with van der Waals surface area (Å²) in [4.78, 5) is 18.5. The van der Waals surface area contributed by atoms with E-state index in [2.05, 4.69) is 33.2 Å². The summed E-state index contributed by atoms with van der Waals surface area (Å²) in [5, 5.41) is 18.5. The van der Waals surface area contributed by atoms with E-state index >= 15 is 0 Å². The van der Waals surface area contributed by atoms with E-state index in [4.69, 9.17) is 16.3 Å². The molecular formula is C26H32ClN5O3. The van der Waals surface area contributed by atoms with Gasteiger partial charge in [0.05, 0.1) is 17.8 Å². The predicted molar refractivity (Wildman–Crippen MR) is 134 cm³/mol. The average Bonchev–Trinajstić information content (AvgIpc) is 3.23. The van der Waals surface area contributed by atoms with E-state index in [-0.39, 0.29) is 18.4 Å². The fraction of sp³-hybridized carbons (Fsp3) is 0.462. The molecule has 1 aliphatic heterocycles. The molecule has 0 radical (unpaired) electrons. The third-order valence-electron chi connectivity index (χ3n) is 6.45. The smallest absolute Gasteiger partial charge is 0.303 e. The number of fused-ring (bicyclic) bond motifs is 1. The summed E-state index contributed by atoms with van der Waals surface area (Å²) in [5.41, 5.74) is 3.74. The Kier molecular flexibility index (Phi) is 8.36. The third kappa shape index (κ3) is 6.58. The van der Waals surface area contributed by atoms with Crippen molar-refractivity contribution >= 4 is 17.6 Å². The third-order valence-corrected chi connectivity index (χ3v) is 6.82. The van der Waals surface area contributed by atoms with Crippen LogP contribution in [0, 0.1) is 0 Å². The Labute approximate surface area is 210 Å². The minimum atomic E-state index is -0.818. The fourth-order valence-corrected chi connectivity index (χ4v) is 4.68. The van der Waals surface area contributed by atoms with Crippen molar-refractivity contribution in [1.82, 2.24) is 24.9 Å². The Bertz CT molecular complexity index is 1150. The van der Waals surface area contributed by atoms with E-state index in [0.29, 0.717) is 31.0 Å². The van der Waals surface area contributed by atoms with Crippen LogP contribution in [0.1, 0.15) is 61.5 Å². The lowest BCUT2D eigenvalue weighted by molar-refractivity contribution is -0.137. The minimum Gasteiger partial charge on any atom is -0.487 e. The van der Waals surface area contributed by atoms with Gasteiger partial charge in [-0.25, -0.2) is 0 Å². The van der Waals surface area contributed by atoms with Crippen molar-refractivity contribution in [3.63, 3.8) is 0 Å². The number of ether oxygens (including phenoxy) is 1. The first-order chi connectivity index (χ1) is 16.9. The van der Waals surface area contributed by atoms with Crippen LogP contribution in [0.15, 0.2) is 42.7 Å². The summed E-state index contributed by atoms with van der Waals surface area (Å²) in [6.07, 6.45) is 6.05. The predicted octanol–water partition coefficient (Wildman–Crippen LogP) is 4.71. The number of aromatic nitrogens is 4. The van der Waals surface area contributed by atoms with Gasteiger partial charge in [-0.05, 0) is 61.4 Å². The monoisotopic (exact) mass is 497 g/mol. The molecule has 0 bridgehead atoms. The maximum atomic E-state index is 11.7. The molecule has 9 heteroatoms. The van der Waals surface area contributed by atoms with Crippen LogP contribution in [-0.2, 0) is 30.8 Å². The molecule has 0 amide bonds. The number of carboxylic acids is 1. The Morgan fingerprint density at radius 2 is 2.17 bits per heavy atom. The molecule has 0 saturated carbocycles. The lowest BCUT2D eigenvalue weighted by atomic mass is 9.89. The molecule has 0 aliphatic carbocycles. The highest BCUT2D eigenvalue weighted by atomic mass is 35.5. The second-order valence-corrected chi connectivity index (χ2v) is 9.42. The number of pyridine rings is 1. The number of hydrogen-bond donors (Lipinski definition) is 1. The average molecular weight is 498 g/mol. The van der Waals surface area contributed by atoms with Gasteiger partial charge < -0.3 is 9.84 Å². The number of carboxylic acid groups (broad SMARTS) is 1. The highest BCUT2D eigenvalue weighted by molar-refractivity contribution is 6.31. The van der Waals surface area contributed by atoms with Gasteiger partial charge in [-0.15, -0.1) is 5.10 Å². The summed E-state index contributed by atoms with van der Waals surface area (Å²) >= 11 is 6.62. The van der Waals surface area contributed by atoms with Crippen LogP contribution in [0.25, 0.3) is 0 Å². The lowest BCUT2D eigenvalue weighted by Gasteiger charge is -2.24. The first-order valence-electron chi connectivity index (χ1n) is 12.2. The van der Waals surface area contributed by atoms with E-state index in [1.165, 1.54) is 0 Å². The summed E-state index contributed by atoms with van der Waals surface area (Å²) in [5.74, 6) is -0.126. The van der Waals surface area contributed by atoms with Gasteiger partial charge >= 0.3 is 5.97 Å². The quantitative estimate of drug-likeness (QED) is 0.433. The second kappa shape index (κ2) is 11.6. The normalized spacial score (nSPS) is 16.8. The topological polar surface area (TPSA) is 93.4 Å². The van der Waals surface area contributed by atoms with Crippen LogP contribution in [0.2, 0.25) is 5.02 Å². The van der Waals surface area contributed by atoms with E-state index in [9.17, 15) is 9.90 Å². The molecule has 0 saturated heterocycles. The highest BCUT2D eigenvalue weighted by Gasteiger charge is 2.24. The number of rotatable bonds is 10. The molecule has 1 N–H and O–H groups in total. The zero-order chi connectivity index (χ0) is 24.8. The first-order valence-corrected chi connectivity index (χ1v) is 12.5. The van der Waals surface area contributed by atoms with Gasteiger partial charge in [0, 0.05) is 43.6 Å². The van der Waals surface area contributed by atoms with Crippen molar-refractivity contribution in [3.05, 3.63) is 70.3 Å². The molecule has 2 atom stereocenters. The van der Waals surface area contributed by atoms with Crippen LogP contribution in [-0.4, -0.2) is 48.6 Å². The van der Waals surface area contributed by atoms with Crippen molar-refractivity contribution in [2.45, 2.75) is 71.2 Å². The molecule has 2 aromatic heterocycles. The number of aliphatic carboxylic acids is 1. The van der Waals surface area contributed by atoms with Crippen LogP contribution in [0.3, 0.4) is 0 Å². The van der Waals surface area contributed by atoms with Gasteiger partial charge in [0.15, 0.2) is 0 Å². The van der Waals surface area contributed by atoms with Gasteiger partial charge in [0.2, 0.25) is 0 Å². The number of nitrogens with zero attached hydrogens (tertiary/aromatic N) is 5. The second-order valence-electron chi connectivity index (χ2n) is 9.02. The standard InChI is InChI=1S/C26H32ClN5O3/c1-3-22-16-31(17-24-25(35-22)6-5-11-28-24)14-20-12-18(8-10-23(20)27)19(13-26(33)34)7-9-21-15-32(4-2)30-29-21/h5-6,8,10-12,15,19,22H,3-4,7,9,13-14,16-17H2,1-2H3,(H,33,34)/t19?,22-/m1/s1. The van der Waals surface area contributed by atoms with Gasteiger partial charge in [-0.2, -0.15) is 0 Å². The molecule has 1 aromatic carbocycles. The van der Waals surface area contributed by atoms with Gasteiger partial charge in [-0.3, -0.25) is 19.4 Å². The van der Waals surface area contributed by atoms with Crippen molar-refractivity contribution in [1.29, 1.82) is 0 Å². The molecule has 1 aliphatic rings. The molecule has 1 unspecified atom stereocenters. The zero-order valence-electron chi connectivity index (χ0n) is 20.2. The van der Waals surface area contributed by atoms with Crippen LogP contribution < -0.4 is 4.74 Å². The Morgan fingerprint density at radius 3 is 2.91 bits per heavy atom. The van der Waals surface area contributed by atoms with E-state index < -0.39 is 5.97 Å². The van der Waals surface area contributed by atoms with E-state index in [1.807, 2.05) is 37.4 Å². The van der Waals surface area contributed by atoms with Crippen molar-refractivity contribution < 1.29 is 14.6 Å². The first kappa shape index (κ1) is 25.1. The number of hydrogen-bond acceptors (Lipinski definition) is 6. The van der Waals surface area contributed by atoms with Crippen molar-refractivity contribution in [2.75, 3.05) is 6.54 Å². The van der Waals surface area contributed by atoms with Gasteiger partial charge in [0.1, 0.15) is 11.9 Å². The van der Waals surface area contributed by atoms with Crippen LogP contribution >= 0.6 is 11.6 Å².